The predicted octanol–water partition coefficient (Wildman–Crippen LogP) is 2.34. The summed E-state index contributed by atoms with van der Waals surface area (Å²) >= 11 is 1.64. The van der Waals surface area contributed by atoms with Gasteiger partial charge in [-0.15, -0.1) is 11.3 Å². The molecule has 3 rings (SSSR count). The standard InChI is InChI=1S/C15H19N3O2S2/c1-11-9-17-15(21-11)14-13(4-3-6-16-14)8-12-5-7-18(10-12)22(2,19)20/h3-4,6,9,12H,5,7-8,10H2,1-2H3/t12-/m0/s1. The topological polar surface area (TPSA) is 63.2 Å². The number of hydrogen-bond donors (Lipinski definition) is 0. The summed E-state index contributed by atoms with van der Waals surface area (Å²) < 4.78 is 24.8. The minimum atomic E-state index is -3.08. The van der Waals surface area contributed by atoms with E-state index in [1.165, 1.54) is 6.26 Å². The maximum atomic E-state index is 11.6. The van der Waals surface area contributed by atoms with Gasteiger partial charge in [0.15, 0.2) is 0 Å². The van der Waals surface area contributed by atoms with Crippen LogP contribution in [-0.2, 0) is 16.4 Å². The molecule has 118 valence electrons. The monoisotopic (exact) mass is 337 g/mol. The van der Waals surface area contributed by atoms with E-state index >= 15 is 0 Å². The van der Waals surface area contributed by atoms with Gasteiger partial charge in [-0.05, 0) is 37.3 Å². The molecule has 7 heteroatoms. The highest BCUT2D eigenvalue weighted by molar-refractivity contribution is 7.88. The molecule has 2 aromatic heterocycles. The lowest BCUT2D eigenvalue weighted by atomic mass is 9.98. The maximum Gasteiger partial charge on any atom is 0.211 e. The largest absolute Gasteiger partial charge is 0.253 e. The van der Waals surface area contributed by atoms with E-state index in [9.17, 15) is 8.42 Å². The van der Waals surface area contributed by atoms with Crippen molar-refractivity contribution in [2.75, 3.05) is 19.3 Å². The summed E-state index contributed by atoms with van der Waals surface area (Å²) in [6.07, 6.45) is 6.67. The van der Waals surface area contributed by atoms with Crippen LogP contribution >= 0.6 is 11.3 Å². The number of aromatic nitrogens is 2. The Balaban J connectivity index is 1.80. The van der Waals surface area contributed by atoms with Crippen molar-refractivity contribution in [2.24, 2.45) is 5.92 Å². The molecular formula is C15H19N3O2S2. The van der Waals surface area contributed by atoms with Crippen LogP contribution in [0.2, 0.25) is 0 Å². The summed E-state index contributed by atoms with van der Waals surface area (Å²) in [4.78, 5) is 10.1. The summed E-state index contributed by atoms with van der Waals surface area (Å²) in [5.41, 5.74) is 2.08. The second kappa shape index (κ2) is 6.06. The van der Waals surface area contributed by atoms with Gasteiger partial charge in [0.25, 0.3) is 0 Å². The van der Waals surface area contributed by atoms with Gasteiger partial charge in [-0.25, -0.2) is 17.7 Å². The van der Waals surface area contributed by atoms with Gasteiger partial charge >= 0.3 is 0 Å². The van der Waals surface area contributed by atoms with Crippen molar-refractivity contribution in [1.82, 2.24) is 14.3 Å². The molecule has 1 atom stereocenters. The van der Waals surface area contributed by atoms with E-state index in [4.69, 9.17) is 0 Å². The molecule has 0 aliphatic carbocycles. The van der Waals surface area contributed by atoms with E-state index in [-0.39, 0.29) is 0 Å². The molecule has 0 N–H and O–H groups in total. The molecule has 0 unspecified atom stereocenters. The fourth-order valence-corrected chi connectivity index (χ4v) is 4.55. The van der Waals surface area contributed by atoms with Crippen molar-refractivity contribution >= 4 is 21.4 Å². The molecule has 1 aliphatic rings. The highest BCUT2D eigenvalue weighted by Gasteiger charge is 2.29. The van der Waals surface area contributed by atoms with Crippen molar-refractivity contribution in [2.45, 2.75) is 19.8 Å². The minimum Gasteiger partial charge on any atom is -0.253 e. The van der Waals surface area contributed by atoms with Gasteiger partial charge in [-0.1, -0.05) is 6.07 Å². The molecule has 0 amide bonds. The first-order valence-electron chi connectivity index (χ1n) is 7.25. The lowest BCUT2D eigenvalue weighted by Gasteiger charge is -2.14. The first-order chi connectivity index (χ1) is 10.4. The van der Waals surface area contributed by atoms with Crippen molar-refractivity contribution in [3.05, 3.63) is 35.0 Å². The first-order valence-corrected chi connectivity index (χ1v) is 9.92. The van der Waals surface area contributed by atoms with Gasteiger partial charge in [-0.2, -0.15) is 0 Å². The molecule has 3 heterocycles. The van der Waals surface area contributed by atoms with Crippen LogP contribution in [0.15, 0.2) is 24.5 Å². The normalized spacial score (nSPS) is 19.6. The molecule has 1 fully saturated rings. The minimum absolute atomic E-state index is 0.346. The summed E-state index contributed by atoms with van der Waals surface area (Å²) in [5.74, 6) is 0.346. The molecule has 2 aromatic rings. The Labute approximate surface area is 135 Å². The van der Waals surface area contributed by atoms with E-state index in [0.717, 1.165) is 34.0 Å². The molecule has 0 aromatic carbocycles. The summed E-state index contributed by atoms with van der Waals surface area (Å²) in [6.45, 7) is 3.25. The number of thiazole rings is 1. The number of sulfonamides is 1. The Hall–Kier alpha value is -1.31. The van der Waals surface area contributed by atoms with E-state index in [0.29, 0.717) is 19.0 Å². The predicted molar refractivity (Wildman–Crippen MR) is 88.3 cm³/mol. The third kappa shape index (κ3) is 3.37. The summed E-state index contributed by atoms with van der Waals surface area (Å²) in [6, 6.07) is 4.00. The Morgan fingerprint density at radius 2 is 2.23 bits per heavy atom. The highest BCUT2D eigenvalue weighted by Crippen LogP contribution is 2.29. The molecule has 5 nitrogen and oxygen atoms in total. The lowest BCUT2D eigenvalue weighted by Crippen LogP contribution is -2.27. The molecule has 0 spiro atoms. The van der Waals surface area contributed by atoms with Crippen molar-refractivity contribution in [1.29, 1.82) is 0 Å². The maximum absolute atomic E-state index is 11.6. The number of pyridine rings is 1. The van der Waals surface area contributed by atoms with Crippen LogP contribution in [0.3, 0.4) is 0 Å². The van der Waals surface area contributed by atoms with E-state index in [1.54, 1.807) is 21.8 Å². The number of nitrogens with zero attached hydrogens (tertiary/aromatic N) is 3. The number of rotatable bonds is 4. The molecule has 0 bridgehead atoms. The number of hydrogen-bond acceptors (Lipinski definition) is 5. The molecule has 22 heavy (non-hydrogen) atoms. The zero-order valence-corrected chi connectivity index (χ0v) is 14.3. The second-order valence-electron chi connectivity index (χ2n) is 5.77. The van der Waals surface area contributed by atoms with Crippen LogP contribution in [0, 0.1) is 12.8 Å². The smallest absolute Gasteiger partial charge is 0.211 e. The Kier molecular flexibility index (Phi) is 4.29. The van der Waals surface area contributed by atoms with Crippen LogP contribution in [-0.4, -0.2) is 42.0 Å². The molecule has 1 aliphatic heterocycles. The van der Waals surface area contributed by atoms with Crippen LogP contribution in [0.5, 0.6) is 0 Å². The van der Waals surface area contributed by atoms with Gasteiger partial charge in [-0.3, -0.25) is 4.98 Å². The average Bonchev–Trinajstić information content (AvgIpc) is 3.08. The fraction of sp³-hybridized carbons (Fsp3) is 0.467. The summed E-state index contributed by atoms with van der Waals surface area (Å²) in [5, 5.41) is 0.936. The van der Waals surface area contributed by atoms with E-state index in [2.05, 4.69) is 16.0 Å². The third-order valence-corrected chi connectivity index (χ3v) is 6.13. The van der Waals surface area contributed by atoms with Gasteiger partial charge in [0.1, 0.15) is 10.7 Å². The van der Waals surface area contributed by atoms with Crippen LogP contribution < -0.4 is 0 Å². The average molecular weight is 337 g/mol. The van der Waals surface area contributed by atoms with Gasteiger partial charge in [0.2, 0.25) is 10.0 Å². The van der Waals surface area contributed by atoms with Gasteiger partial charge in [0, 0.05) is 30.4 Å². The zero-order valence-electron chi connectivity index (χ0n) is 12.7. The van der Waals surface area contributed by atoms with Crippen LogP contribution in [0.25, 0.3) is 10.7 Å². The Morgan fingerprint density at radius 3 is 2.86 bits per heavy atom. The molecular weight excluding hydrogens is 318 g/mol. The Bertz CT molecular complexity index is 771. The fourth-order valence-electron chi connectivity index (χ4n) is 2.84. The van der Waals surface area contributed by atoms with E-state index in [1.807, 2.05) is 19.2 Å². The quantitative estimate of drug-likeness (QED) is 0.859. The molecule has 0 saturated carbocycles. The van der Waals surface area contributed by atoms with Gasteiger partial charge in [0.05, 0.1) is 6.26 Å². The number of aryl methyl sites for hydroxylation is 1. The molecule has 1 saturated heterocycles. The van der Waals surface area contributed by atoms with Crippen molar-refractivity contribution < 1.29 is 8.42 Å². The van der Waals surface area contributed by atoms with Crippen LogP contribution in [0.4, 0.5) is 0 Å². The van der Waals surface area contributed by atoms with Crippen molar-refractivity contribution in [3.63, 3.8) is 0 Å². The van der Waals surface area contributed by atoms with Gasteiger partial charge < -0.3 is 0 Å². The SMILES string of the molecule is Cc1cnc(-c2ncccc2C[C@@H]2CCN(S(C)(=O)=O)C2)s1. The highest BCUT2D eigenvalue weighted by atomic mass is 32.2. The van der Waals surface area contributed by atoms with Crippen molar-refractivity contribution in [3.8, 4) is 10.7 Å². The third-order valence-electron chi connectivity index (χ3n) is 3.94. The summed E-state index contributed by atoms with van der Waals surface area (Å²) in [7, 11) is -3.08. The Morgan fingerprint density at radius 1 is 1.41 bits per heavy atom. The van der Waals surface area contributed by atoms with Crippen LogP contribution in [0.1, 0.15) is 16.9 Å². The molecule has 0 radical (unpaired) electrons. The van der Waals surface area contributed by atoms with E-state index < -0.39 is 10.0 Å². The second-order valence-corrected chi connectivity index (χ2v) is 8.98. The lowest BCUT2D eigenvalue weighted by molar-refractivity contribution is 0.460. The zero-order chi connectivity index (χ0) is 15.7. The first kappa shape index (κ1) is 15.6.